The van der Waals surface area contributed by atoms with Gasteiger partial charge in [0, 0.05) is 58.9 Å². The monoisotopic (exact) mass is 462 g/mol. The summed E-state index contributed by atoms with van der Waals surface area (Å²) in [5.41, 5.74) is 1.33. The number of nitrogens with zero attached hydrogens (tertiary/aromatic N) is 3. The minimum absolute atomic E-state index is 0.145. The van der Waals surface area contributed by atoms with Crippen LogP contribution in [0.2, 0.25) is 0 Å². The van der Waals surface area contributed by atoms with Gasteiger partial charge in [0.2, 0.25) is 10.0 Å². The van der Waals surface area contributed by atoms with E-state index in [2.05, 4.69) is 39.4 Å². The van der Waals surface area contributed by atoms with Crippen LogP contribution in [0.25, 0.3) is 0 Å². The molecule has 2 saturated heterocycles. The first-order valence-corrected chi connectivity index (χ1v) is 13.2. The van der Waals surface area contributed by atoms with Crippen molar-refractivity contribution in [2.75, 3.05) is 52.4 Å². The fourth-order valence-corrected chi connectivity index (χ4v) is 6.99. The van der Waals surface area contributed by atoms with Crippen LogP contribution in [0.15, 0.2) is 46.7 Å². The van der Waals surface area contributed by atoms with Gasteiger partial charge in [-0.05, 0) is 29.9 Å². The van der Waals surface area contributed by atoms with E-state index in [1.54, 1.807) is 11.4 Å². The number of carbonyl (C=O) groups is 1. The van der Waals surface area contributed by atoms with Crippen molar-refractivity contribution >= 4 is 27.3 Å². The van der Waals surface area contributed by atoms with Crippen molar-refractivity contribution in [2.24, 2.45) is 0 Å². The zero-order valence-electron chi connectivity index (χ0n) is 17.7. The van der Waals surface area contributed by atoms with Crippen molar-refractivity contribution in [3.8, 4) is 0 Å². The molecular formula is C22H30N4O3S2. The molecule has 168 valence electrons. The molecule has 2 aromatic rings. The summed E-state index contributed by atoms with van der Waals surface area (Å²) in [6.45, 7) is 7.27. The maximum atomic E-state index is 12.8. The number of carbonyl (C=O) groups excluding carboxylic acids is 1. The van der Waals surface area contributed by atoms with E-state index < -0.39 is 10.0 Å². The quantitative estimate of drug-likeness (QED) is 0.650. The number of benzene rings is 1. The largest absolute Gasteiger partial charge is 0.350 e. The highest BCUT2D eigenvalue weighted by Crippen LogP contribution is 2.27. The topological polar surface area (TPSA) is 73.0 Å². The van der Waals surface area contributed by atoms with Crippen LogP contribution in [-0.2, 0) is 16.6 Å². The Bertz CT molecular complexity index is 964. The smallest absolute Gasteiger partial charge is 0.262 e. The predicted molar refractivity (Wildman–Crippen MR) is 123 cm³/mol. The van der Waals surface area contributed by atoms with Crippen molar-refractivity contribution in [1.82, 2.24) is 19.4 Å². The SMILES string of the molecule is O=C(NCCN1CCN(Cc2ccccc2)CC1)c1sccc1S(=O)(=O)N1CCCC1. The summed E-state index contributed by atoms with van der Waals surface area (Å²) in [6.07, 6.45) is 1.76. The van der Waals surface area contributed by atoms with Crippen LogP contribution < -0.4 is 5.32 Å². The minimum atomic E-state index is -3.58. The normalized spacial score (nSPS) is 19.0. The number of hydrogen-bond acceptors (Lipinski definition) is 6. The lowest BCUT2D eigenvalue weighted by Gasteiger charge is -2.34. The Morgan fingerprint density at radius 3 is 2.32 bits per heavy atom. The number of thiophene rings is 1. The second kappa shape index (κ2) is 10.2. The first-order chi connectivity index (χ1) is 15.0. The van der Waals surface area contributed by atoms with Gasteiger partial charge in [0.1, 0.15) is 9.77 Å². The molecule has 9 heteroatoms. The molecule has 0 aliphatic carbocycles. The van der Waals surface area contributed by atoms with Gasteiger partial charge in [0.05, 0.1) is 0 Å². The maximum Gasteiger partial charge on any atom is 0.262 e. The second-order valence-corrected chi connectivity index (χ2v) is 10.9. The summed E-state index contributed by atoms with van der Waals surface area (Å²) in [4.78, 5) is 17.9. The molecule has 1 amide bonds. The summed E-state index contributed by atoms with van der Waals surface area (Å²) < 4.78 is 27.2. The number of hydrogen-bond donors (Lipinski definition) is 1. The zero-order valence-corrected chi connectivity index (χ0v) is 19.3. The van der Waals surface area contributed by atoms with Crippen molar-refractivity contribution in [3.05, 3.63) is 52.2 Å². The Morgan fingerprint density at radius 2 is 1.61 bits per heavy atom. The molecule has 31 heavy (non-hydrogen) atoms. The standard InChI is InChI=1S/C22H30N4O3S2/c27-22(21-20(8-17-30-21)31(28,29)26-10-4-5-11-26)23-9-12-24-13-15-25(16-14-24)18-19-6-2-1-3-7-19/h1-3,6-8,17H,4-5,9-16,18H2,(H,23,27). The molecule has 0 spiro atoms. The van der Waals surface area contributed by atoms with Crippen LogP contribution in [0, 0.1) is 0 Å². The van der Waals surface area contributed by atoms with E-state index in [4.69, 9.17) is 0 Å². The van der Waals surface area contributed by atoms with Gasteiger partial charge < -0.3 is 5.32 Å². The highest BCUT2D eigenvalue weighted by atomic mass is 32.2. The summed E-state index contributed by atoms with van der Waals surface area (Å²) >= 11 is 1.19. The molecule has 3 heterocycles. The molecule has 1 aromatic heterocycles. The van der Waals surface area contributed by atoms with Crippen molar-refractivity contribution < 1.29 is 13.2 Å². The first kappa shape index (κ1) is 22.4. The number of rotatable bonds is 8. The fraction of sp³-hybridized carbons (Fsp3) is 0.500. The Morgan fingerprint density at radius 1 is 0.935 bits per heavy atom. The Hall–Kier alpha value is -1.78. The lowest BCUT2D eigenvalue weighted by atomic mass is 10.2. The molecule has 7 nitrogen and oxygen atoms in total. The van der Waals surface area contributed by atoms with Crippen LogP contribution in [0.3, 0.4) is 0 Å². The van der Waals surface area contributed by atoms with Gasteiger partial charge in [-0.15, -0.1) is 11.3 Å². The van der Waals surface area contributed by atoms with E-state index >= 15 is 0 Å². The summed E-state index contributed by atoms with van der Waals surface area (Å²) in [5, 5.41) is 4.60. The van der Waals surface area contributed by atoms with Crippen molar-refractivity contribution in [1.29, 1.82) is 0 Å². The van der Waals surface area contributed by atoms with Crippen LogP contribution in [0.1, 0.15) is 28.1 Å². The Labute approximate surface area is 188 Å². The third-order valence-corrected chi connectivity index (χ3v) is 8.93. The third-order valence-electron chi connectivity index (χ3n) is 5.95. The molecule has 0 atom stereocenters. The third kappa shape index (κ3) is 5.53. The second-order valence-electron chi connectivity index (χ2n) is 8.08. The maximum absolute atomic E-state index is 12.8. The molecular weight excluding hydrogens is 432 g/mol. The molecule has 0 unspecified atom stereocenters. The minimum Gasteiger partial charge on any atom is -0.350 e. The Balaban J connectivity index is 1.23. The van der Waals surface area contributed by atoms with Crippen LogP contribution >= 0.6 is 11.3 Å². The average molecular weight is 463 g/mol. The molecule has 2 aliphatic heterocycles. The first-order valence-electron chi connectivity index (χ1n) is 10.9. The van der Waals surface area contributed by atoms with Crippen LogP contribution in [-0.4, -0.2) is 80.8 Å². The Kier molecular flexibility index (Phi) is 7.39. The van der Waals surface area contributed by atoms with Gasteiger partial charge in [-0.3, -0.25) is 14.6 Å². The van der Waals surface area contributed by atoms with E-state index in [0.717, 1.165) is 52.1 Å². The van der Waals surface area contributed by atoms with E-state index in [1.807, 2.05) is 6.07 Å². The fourth-order valence-electron chi connectivity index (χ4n) is 4.15. The van der Waals surface area contributed by atoms with Crippen molar-refractivity contribution in [2.45, 2.75) is 24.3 Å². The van der Waals surface area contributed by atoms with Gasteiger partial charge in [0.15, 0.2) is 0 Å². The van der Waals surface area contributed by atoms with E-state index in [-0.39, 0.29) is 10.8 Å². The highest BCUT2D eigenvalue weighted by Gasteiger charge is 2.31. The molecule has 0 radical (unpaired) electrons. The summed E-state index contributed by atoms with van der Waals surface area (Å²) in [7, 11) is -3.58. The molecule has 1 N–H and O–H groups in total. The predicted octanol–water partition coefficient (Wildman–Crippen LogP) is 2.08. The average Bonchev–Trinajstić information content (AvgIpc) is 3.49. The summed E-state index contributed by atoms with van der Waals surface area (Å²) in [6, 6.07) is 12.1. The van der Waals surface area contributed by atoms with Gasteiger partial charge >= 0.3 is 0 Å². The number of sulfonamides is 1. The lowest BCUT2D eigenvalue weighted by molar-refractivity contribution is 0.0935. The molecule has 0 bridgehead atoms. The van der Waals surface area contributed by atoms with Crippen LogP contribution in [0.4, 0.5) is 0 Å². The van der Waals surface area contributed by atoms with Crippen LogP contribution in [0.5, 0.6) is 0 Å². The molecule has 2 aliphatic rings. The number of amides is 1. The molecule has 2 fully saturated rings. The van der Waals surface area contributed by atoms with Crippen molar-refractivity contribution in [3.63, 3.8) is 0 Å². The van der Waals surface area contributed by atoms with E-state index in [1.165, 1.54) is 21.2 Å². The number of nitrogens with one attached hydrogen (secondary N) is 1. The van der Waals surface area contributed by atoms with Gasteiger partial charge in [-0.1, -0.05) is 30.3 Å². The van der Waals surface area contributed by atoms with Gasteiger partial charge in [-0.2, -0.15) is 4.31 Å². The lowest BCUT2D eigenvalue weighted by Crippen LogP contribution is -2.48. The molecule has 4 rings (SSSR count). The number of piperazine rings is 1. The summed E-state index contributed by atoms with van der Waals surface area (Å²) in [5.74, 6) is -0.296. The highest BCUT2D eigenvalue weighted by molar-refractivity contribution is 7.89. The van der Waals surface area contributed by atoms with Gasteiger partial charge in [-0.25, -0.2) is 8.42 Å². The van der Waals surface area contributed by atoms with Gasteiger partial charge in [0.25, 0.3) is 5.91 Å². The molecule has 1 aromatic carbocycles. The van der Waals surface area contributed by atoms with E-state index in [9.17, 15) is 13.2 Å². The zero-order chi connectivity index (χ0) is 21.7. The van der Waals surface area contributed by atoms with E-state index in [0.29, 0.717) is 24.5 Å². The molecule has 0 saturated carbocycles.